The zero-order valence-electron chi connectivity index (χ0n) is 59.0. The van der Waals surface area contributed by atoms with E-state index in [1.165, 1.54) is 283 Å². The first kappa shape index (κ1) is 85.7. The first-order chi connectivity index (χ1) is 43.0. The quantitative estimate of drug-likeness (QED) is 0.0211. The molecule has 0 amide bonds. The van der Waals surface area contributed by atoms with Gasteiger partial charge < -0.3 is 18.9 Å². The Morgan fingerprint density at radius 2 is 0.648 bits per heavy atom. The van der Waals surface area contributed by atoms with Gasteiger partial charge in [-0.15, -0.1) is 0 Å². The van der Waals surface area contributed by atoms with E-state index in [1.807, 2.05) is 21.1 Å². The molecular weight excluding hydrogens is 1110 g/mol. The summed E-state index contributed by atoms with van der Waals surface area (Å²) in [5, 5.41) is 0. The van der Waals surface area contributed by atoms with E-state index in [-0.39, 0.29) is 25.6 Å². The predicted octanol–water partition coefficient (Wildman–Crippen LogP) is 24.9. The summed E-state index contributed by atoms with van der Waals surface area (Å²) < 4.78 is 34.8. The van der Waals surface area contributed by atoms with Gasteiger partial charge in [0.15, 0.2) is 6.10 Å². The van der Waals surface area contributed by atoms with E-state index in [9.17, 15) is 19.0 Å². The lowest BCUT2D eigenvalue weighted by Gasteiger charge is -2.24. The summed E-state index contributed by atoms with van der Waals surface area (Å²) in [5.74, 6) is -0.776. The highest BCUT2D eigenvalue weighted by atomic mass is 31.2. The van der Waals surface area contributed by atoms with Crippen LogP contribution < -0.4 is 0 Å². The molecule has 2 unspecified atom stereocenters. The summed E-state index contributed by atoms with van der Waals surface area (Å²) >= 11 is 0. The Bertz CT molecular complexity index is 1670. The fraction of sp³-hybridized carbons (Fsp3) is 0.846. The van der Waals surface area contributed by atoms with Gasteiger partial charge in [-0.1, -0.05) is 344 Å². The van der Waals surface area contributed by atoms with Crippen molar-refractivity contribution in [2.45, 2.75) is 380 Å². The van der Waals surface area contributed by atoms with Crippen LogP contribution in [0, 0.1) is 0 Å². The number of allylic oxidation sites excluding steroid dienone is 10. The SMILES string of the molecule is CC/C=C\C/C=C\C/C=C\C/C=C\CCCCCCCCCCCCCCCCCCCCCCC(=O)OC(COC(=O)CCCCCCCCCCCCCCCCCCCCC/C=C\CCCCCCCCCC)COP(=O)(O)OCC[N+](C)(C)C. The molecular formula is C78H147NO8P+. The number of rotatable bonds is 71. The molecule has 516 valence electrons. The molecule has 88 heavy (non-hydrogen) atoms. The van der Waals surface area contributed by atoms with Crippen molar-refractivity contribution in [2.75, 3.05) is 47.5 Å². The maximum Gasteiger partial charge on any atom is 0.472 e. The molecule has 0 saturated carbocycles. The van der Waals surface area contributed by atoms with E-state index in [2.05, 4.69) is 74.6 Å². The first-order valence-corrected chi connectivity index (χ1v) is 39.5. The Labute approximate surface area is 546 Å². The number of carbonyl (C=O) groups is 2. The maximum atomic E-state index is 12.9. The van der Waals surface area contributed by atoms with E-state index in [0.717, 1.165) is 57.8 Å². The van der Waals surface area contributed by atoms with Crippen LogP contribution in [-0.4, -0.2) is 74.9 Å². The third-order valence-electron chi connectivity index (χ3n) is 17.0. The molecule has 9 nitrogen and oxygen atoms in total. The largest absolute Gasteiger partial charge is 0.472 e. The van der Waals surface area contributed by atoms with E-state index in [4.69, 9.17) is 18.5 Å². The number of carbonyl (C=O) groups excluding carboxylic acids is 2. The molecule has 1 N–H and O–H groups in total. The molecule has 0 aromatic heterocycles. The number of esters is 2. The van der Waals surface area contributed by atoms with Crippen LogP contribution in [0.3, 0.4) is 0 Å². The molecule has 2 atom stereocenters. The molecule has 0 fully saturated rings. The molecule has 0 aliphatic carbocycles. The first-order valence-electron chi connectivity index (χ1n) is 38.0. The van der Waals surface area contributed by atoms with Crippen molar-refractivity contribution >= 4 is 19.8 Å². The molecule has 0 radical (unpaired) electrons. The fourth-order valence-electron chi connectivity index (χ4n) is 11.2. The van der Waals surface area contributed by atoms with Gasteiger partial charge in [0.2, 0.25) is 0 Å². The third-order valence-corrected chi connectivity index (χ3v) is 18.0. The molecule has 0 saturated heterocycles. The summed E-state index contributed by atoms with van der Waals surface area (Å²) in [6.45, 7) is 4.39. The molecule has 0 spiro atoms. The summed E-state index contributed by atoms with van der Waals surface area (Å²) in [6.07, 6.45) is 92.1. The highest BCUT2D eigenvalue weighted by Gasteiger charge is 2.27. The predicted molar refractivity (Wildman–Crippen MR) is 381 cm³/mol. The smallest absolute Gasteiger partial charge is 0.462 e. The average molecular weight is 1260 g/mol. The lowest BCUT2D eigenvalue weighted by atomic mass is 10.0. The Morgan fingerprint density at radius 3 is 0.977 bits per heavy atom. The zero-order valence-corrected chi connectivity index (χ0v) is 59.9. The second kappa shape index (κ2) is 69.1. The number of phosphoric acid groups is 1. The average Bonchev–Trinajstić information content (AvgIpc) is 3.56. The van der Waals surface area contributed by atoms with Crippen molar-refractivity contribution in [1.82, 2.24) is 0 Å². The number of hydrogen-bond acceptors (Lipinski definition) is 7. The van der Waals surface area contributed by atoms with Crippen LogP contribution in [0.1, 0.15) is 373 Å². The monoisotopic (exact) mass is 1260 g/mol. The third kappa shape index (κ3) is 72.8. The molecule has 0 aliphatic rings. The molecule has 0 heterocycles. The second-order valence-corrected chi connectivity index (χ2v) is 28.5. The van der Waals surface area contributed by atoms with Crippen LogP contribution in [0.25, 0.3) is 0 Å². The molecule has 10 heteroatoms. The second-order valence-electron chi connectivity index (χ2n) is 27.0. The van der Waals surface area contributed by atoms with Gasteiger partial charge in [0.1, 0.15) is 19.8 Å². The normalized spacial score (nSPS) is 13.4. The number of ether oxygens (including phenoxy) is 2. The molecule has 0 aromatic rings. The Kier molecular flexibility index (Phi) is 67.3. The number of nitrogens with zero attached hydrogens (tertiary/aromatic N) is 1. The fourth-order valence-corrected chi connectivity index (χ4v) is 12.0. The van der Waals surface area contributed by atoms with Crippen LogP contribution in [0.2, 0.25) is 0 Å². The van der Waals surface area contributed by atoms with Crippen LogP contribution >= 0.6 is 7.82 Å². The standard InChI is InChI=1S/C78H146NO8P/c1-6-8-10-12-14-16-18-20-22-24-26-28-30-32-34-36-38-39-41-43-45-47-49-51-53-55-57-59-61-63-65-67-69-71-78(81)87-76(75-86-88(82,83)85-73-72-79(3,4)5)74-84-77(80)70-68-66-64-62-60-58-56-54-52-50-48-46-44-42-40-37-35-33-31-29-27-25-23-21-19-17-15-13-11-9-7-2/h8,10,14,16,20,22,25-28,76H,6-7,9,11-13,15,17-19,21,23-24,29-75H2,1-5H3/p+1/b10-8-,16-14-,22-20-,27-25-,28-26-. The number of likely N-dealkylation sites (N-methyl/N-ethyl adjacent to an activating group) is 1. The van der Waals surface area contributed by atoms with Crippen molar-refractivity contribution < 1.29 is 42.1 Å². The molecule has 0 aliphatic heterocycles. The van der Waals surface area contributed by atoms with Gasteiger partial charge in [-0.25, -0.2) is 4.57 Å². The minimum Gasteiger partial charge on any atom is -0.462 e. The number of phosphoric ester groups is 1. The zero-order chi connectivity index (χ0) is 64.1. The van der Waals surface area contributed by atoms with Crippen LogP contribution in [0.15, 0.2) is 60.8 Å². The Hall–Kier alpha value is -2.29. The Morgan fingerprint density at radius 1 is 0.364 bits per heavy atom. The molecule has 0 rings (SSSR count). The number of unbranched alkanes of at least 4 members (excludes halogenated alkanes) is 47. The van der Waals surface area contributed by atoms with Crippen molar-refractivity contribution in [3.63, 3.8) is 0 Å². The van der Waals surface area contributed by atoms with E-state index >= 15 is 0 Å². The maximum absolute atomic E-state index is 12.9. The van der Waals surface area contributed by atoms with Gasteiger partial charge in [0.05, 0.1) is 27.7 Å². The summed E-state index contributed by atoms with van der Waals surface area (Å²) in [4.78, 5) is 35.9. The molecule has 0 aromatic carbocycles. The topological polar surface area (TPSA) is 108 Å². The van der Waals surface area contributed by atoms with E-state index in [1.54, 1.807) is 0 Å². The minimum atomic E-state index is -4.39. The van der Waals surface area contributed by atoms with Crippen LogP contribution in [-0.2, 0) is 32.7 Å². The highest BCUT2D eigenvalue weighted by molar-refractivity contribution is 7.47. The van der Waals surface area contributed by atoms with Crippen molar-refractivity contribution in [2.24, 2.45) is 0 Å². The molecule has 0 bridgehead atoms. The minimum absolute atomic E-state index is 0.0337. The van der Waals surface area contributed by atoms with E-state index in [0.29, 0.717) is 23.9 Å². The van der Waals surface area contributed by atoms with Crippen molar-refractivity contribution in [1.29, 1.82) is 0 Å². The lowest BCUT2D eigenvalue weighted by molar-refractivity contribution is -0.870. The van der Waals surface area contributed by atoms with Crippen molar-refractivity contribution in [3.05, 3.63) is 60.8 Å². The lowest BCUT2D eigenvalue weighted by Crippen LogP contribution is -2.37. The van der Waals surface area contributed by atoms with Gasteiger partial charge in [0.25, 0.3) is 0 Å². The van der Waals surface area contributed by atoms with Gasteiger partial charge in [-0.2, -0.15) is 0 Å². The number of quaternary nitrogens is 1. The van der Waals surface area contributed by atoms with Gasteiger partial charge in [0, 0.05) is 12.8 Å². The number of hydrogen-bond donors (Lipinski definition) is 1. The van der Waals surface area contributed by atoms with Crippen LogP contribution in [0.5, 0.6) is 0 Å². The highest BCUT2D eigenvalue weighted by Crippen LogP contribution is 2.43. The van der Waals surface area contributed by atoms with E-state index < -0.39 is 26.5 Å². The van der Waals surface area contributed by atoms with Gasteiger partial charge in [-0.3, -0.25) is 18.6 Å². The summed E-state index contributed by atoms with van der Waals surface area (Å²) in [5.41, 5.74) is 0. The Balaban J connectivity index is 3.95. The van der Waals surface area contributed by atoms with Crippen molar-refractivity contribution in [3.8, 4) is 0 Å². The summed E-state index contributed by atoms with van der Waals surface area (Å²) in [7, 11) is 1.50. The van der Waals surface area contributed by atoms with Gasteiger partial charge in [-0.05, 0) is 77.0 Å². The van der Waals surface area contributed by atoms with Crippen LogP contribution in [0.4, 0.5) is 0 Å². The van der Waals surface area contributed by atoms with Gasteiger partial charge >= 0.3 is 19.8 Å². The summed E-state index contributed by atoms with van der Waals surface area (Å²) in [6, 6.07) is 0.